The Hall–Kier alpha value is -1.50. The number of ether oxygens (including phenoxy) is 1. The number of rotatable bonds is 2. The number of anilines is 1. The Morgan fingerprint density at radius 3 is 2.53 bits per heavy atom. The second-order valence-corrected chi connectivity index (χ2v) is 2.87. The zero-order chi connectivity index (χ0) is 11.6. The van der Waals surface area contributed by atoms with Gasteiger partial charge in [0.25, 0.3) is 0 Å². The molecule has 0 saturated carbocycles. The summed E-state index contributed by atoms with van der Waals surface area (Å²) in [4.78, 5) is 3.45. The number of alkyl halides is 3. The molecule has 0 aliphatic heterocycles. The molecule has 0 bridgehead atoms. The molecule has 1 aromatic heterocycles. The zero-order valence-corrected chi connectivity index (χ0v) is 7.93. The molecule has 1 aromatic rings. The summed E-state index contributed by atoms with van der Waals surface area (Å²) in [5, 5.41) is 0. The maximum Gasteiger partial charge on any atom is 0.574 e. The number of nitrogens with zero attached hydrogens (tertiary/aromatic N) is 1. The number of hydrogen-bond donors (Lipinski definition) is 2. The highest BCUT2D eigenvalue weighted by atomic mass is 19.4. The van der Waals surface area contributed by atoms with Crippen LogP contribution in [0.3, 0.4) is 0 Å². The third-order valence-electron chi connectivity index (χ3n) is 1.88. The minimum Gasteiger partial charge on any atom is -0.397 e. The second kappa shape index (κ2) is 3.93. The van der Waals surface area contributed by atoms with E-state index < -0.39 is 12.2 Å². The molecule has 4 nitrogen and oxygen atoms in total. The van der Waals surface area contributed by atoms with Gasteiger partial charge in [0.1, 0.15) is 0 Å². The van der Waals surface area contributed by atoms with Crippen LogP contribution in [0.1, 0.15) is 11.1 Å². The predicted molar refractivity (Wildman–Crippen MR) is 48.0 cm³/mol. The summed E-state index contributed by atoms with van der Waals surface area (Å²) < 4.78 is 39.6. The molecular formula is C8H10F3N3O. The standard InChI is InChI=1S/C8H10F3N3O/c1-4-5(2-12)7(14-3-6(4)13)15-8(9,10)11/h3H,2,12-13H2,1H3. The molecule has 1 rings (SSSR count). The third kappa shape index (κ3) is 2.72. The van der Waals surface area contributed by atoms with E-state index in [4.69, 9.17) is 11.5 Å². The molecule has 4 N–H and O–H groups in total. The molecule has 0 aliphatic rings. The highest BCUT2D eigenvalue weighted by Crippen LogP contribution is 2.28. The van der Waals surface area contributed by atoms with Crippen LogP contribution in [-0.4, -0.2) is 11.3 Å². The van der Waals surface area contributed by atoms with Crippen LogP contribution >= 0.6 is 0 Å². The van der Waals surface area contributed by atoms with Crippen molar-refractivity contribution in [2.45, 2.75) is 19.8 Å². The van der Waals surface area contributed by atoms with Gasteiger partial charge >= 0.3 is 6.36 Å². The second-order valence-electron chi connectivity index (χ2n) is 2.87. The summed E-state index contributed by atoms with van der Waals surface area (Å²) in [6.07, 6.45) is -3.67. The molecule has 0 fully saturated rings. The Bertz CT molecular complexity index is 365. The molecule has 0 amide bonds. The van der Waals surface area contributed by atoms with Crippen LogP contribution in [0, 0.1) is 6.92 Å². The van der Waals surface area contributed by atoms with Crippen molar-refractivity contribution in [2.75, 3.05) is 5.73 Å². The molecule has 0 radical (unpaired) electrons. The normalized spacial score (nSPS) is 11.5. The Morgan fingerprint density at radius 1 is 1.47 bits per heavy atom. The largest absolute Gasteiger partial charge is 0.574 e. The van der Waals surface area contributed by atoms with Gasteiger partial charge in [0.05, 0.1) is 11.9 Å². The minimum absolute atomic E-state index is 0.116. The van der Waals surface area contributed by atoms with E-state index in [0.717, 1.165) is 6.20 Å². The van der Waals surface area contributed by atoms with Gasteiger partial charge in [-0.1, -0.05) is 0 Å². The zero-order valence-electron chi connectivity index (χ0n) is 7.93. The van der Waals surface area contributed by atoms with Crippen molar-refractivity contribution in [3.05, 3.63) is 17.3 Å². The molecule has 84 valence electrons. The van der Waals surface area contributed by atoms with Gasteiger partial charge in [-0.15, -0.1) is 13.2 Å². The van der Waals surface area contributed by atoms with Crippen LogP contribution in [0.4, 0.5) is 18.9 Å². The average molecular weight is 221 g/mol. The Morgan fingerprint density at radius 2 is 2.07 bits per heavy atom. The summed E-state index contributed by atoms with van der Waals surface area (Å²) in [7, 11) is 0. The van der Waals surface area contributed by atoms with E-state index in [1.807, 2.05) is 0 Å². The van der Waals surface area contributed by atoms with Crippen molar-refractivity contribution in [1.29, 1.82) is 0 Å². The van der Waals surface area contributed by atoms with Crippen LogP contribution in [0.5, 0.6) is 5.88 Å². The van der Waals surface area contributed by atoms with Gasteiger partial charge in [0.2, 0.25) is 5.88 Å². The van der Waals surface area contributed by atoms with Crippen LogP contribution in [0.2, 0.25) is 0 Å². The van der Waals surface area contributed by atoms with Gasteiger partial charge in [-0.2, -0.15) is 0 Å². The SMILES string of the molecule is Cc1c(N)cnc(OC(F)(F)F)c1CN. The fourth-order valence-electron chi connectivity index (χ4n) is 1.08. The van der Waals surface area contributed by atoms with E-state index in [9.17, 15) is 13.2 Å². The van der Waals surface area contributed by atoms with Gasteiger partial charge < -0.3 is 16.2 Å². The van der Waals surface area contributed by atoms with Crippen LogP contribution in [-0.2, 0) is 6.54 Å². The minimum atomic E-state index is -4.78. The summed E-state index contributed by atoms with van der Waals surface area (Å²) in [6, 6.07) is 0. The van der Waals surface area contributed by atoms with E-state index in [2.05, 4.69) is 9.72 Å². The molecule has 15 heavy (non-hydrogen) atoms. The Kier molecular flexibility index (Phi) is 3.04. The van der Waals surface area contributed by atoms with Gasteiger partial charge in [-0.25, -0.2) is 4.98 Å². The molecule has 0 atom stereocenters. The Labute approximate surface area is 84.0 Å². The van der Waals surface area contributed by atoms with Gasteiger partial charge in [-0.3, -0.25) is 0 Å². The molecule has 0 aromatic carbocycles. The first-order valence-electron chi connectivity index (χ1n) is 4.05. The summed E-state index contributed by atoms with van der Waals surface area (Å²) in [5.74, 6) is -0.545. The van der Waals surface area contributed by atoms with Crippen LogP contribution in [0.25, 0.3) is 0 Å². The van der Waals surface area contributed by atoms with Gasteiger partial charge in [-0.05, 0) is 12.5 Å². The lowest BCUT2D eigenvalue weighted by molar-refractivity contribution is -0.276. The van der Waals surface area contributed by atoms with Crippen molar-refractivity contribution in [1.82, 2.24) is 4.98 Å². The maximum absolute atomic E-state index is 12.0. The Balaban J connectivity index is 3.14. The fourth-order valence-corrected chi connectivity index (χ4v) is 1.08. The molecule has 1 heterocycles. The molecular weight excluding hydrogens is 211 g/mol. The molecule has 0 aliphatic carbocycles. The molecule has 0 spiro atoms. The van der Waals surface area contributed by atoms with Gasteiger partial charge in [0.15, 0.2) is 0 Å². The van der Waals surface area contributed by atoms with Gasteiger partial charge in [0, 0.05) is 12.1 Å². The van der Waals surface area contributed by atoms with Crippen molar-refractivity contribution in [3.8, 4) is 5.88 Å². The lowest BCUT2D eigenvalue weighted by atomic mass is 10.1. The van der Waals surface area contributed by atoms with Crippen molar-refractivity contribution < 1.29 is 17.9 Å². The van der Waals surface area contributed by atoms with E-state index >= 15 is 0 Å². The first kappa shape index (κ1) is 11.6. The predicted octanol–water partition coefficient (Wildman–Crippen LogP) is 1.33. The molecule has 7 heteroatoms. The number of nitrogens with two attached hydrogens (primary N) is 2. The number of pyridine rings is 1. The van der Waals surface area contributed by atoms with Crippen molar-refractivity contribution in [3.63, 3.8) is 0 Å². The van der Waals surface area contributed by atoms with Crippen LogP contribution in [0.15, 0.2) is 6.20 Å². The number of halogens is 3. The number of nitrogen functional groups attached to an aromatic ring is 1. The monoisotopic (exact) mass is 221 g/mol. The molecule has 0 saturated heterocycles. The third-order valence-corrected chi connectivity index (χ3v) is 1.88. The highest BCUT2D eigenvalue weighted by Gasteiger charge is 2.33. The first-order chi connectivity index (χ1) is 6.85. The average Bonchev–Trinajstić information content (AvgIpc) is 2.10. The summed E-state index contributed by atoms with van der Waals surface area (Å²) in [6.45, 7) is 1.44. The van der Waals surface area contributed by atoms with E-state index in [1.165, 1.54) is 0 Å². The quantitative estimate of drug-likeness (QED) is 0.790. The summed E-state index contributed by atoms with van der Waals surface area (Å²) >= 11 is 0. The lowest BCUT2D eigenvalue weighted by Crippen LogP contribution is -2.20. The van der Waals surface area contributed by atoms with Crippen molar-refractivity contribution >= 4 is 5.69 Å². The number of aromatic nitrogens is 1. The molecule has 0 unspecified atom stereocenters. The van der Waals surface area contributed by atoms with Crippen molar-refractivity contribution in [2.24, 2.45) is 5.73 Å². The lowest BCUT2D eigenvalue weighted by Gasteiger charge is -2.13. The first-order valence-corrected chi connectivity index (χ1v) is 4.05. The smallest absolute Gasteiger partial charge is 0.397 e. The van der Waals surface area contributed by atoms with E-state index in [1.54, 1.807) is 6.92 Å². The van der Waals surface area contributed by atoms with Crippen LogP contribution < -0.4 is 16.2 Å². The fraction of sp³-hybridized carbons (Fsp3) is 0.375. The number of hydrogen-bond acceptors (Lipinski definition) is 4. The summed E-state index contributed by atoms with van der Waals surface area (Å²) in [5.41, 5.74) is 11.7. The van der Waals surface area contributed by atoms with E-state index in [0.29, 0.717) is 5.56 Å². The topological polar surface area (TPSA) is 74.2 Å². The van der Waals surface area contributed by atoms with E-state index in [-0.39, 0.29) is 17.8 Å². The highest BCUT2D eigenvalue weighted by molar-refractivity contribution is 5.51. The maximum atomic E-state index is 12.0.